The molecule has 64 heavy (non-hydrogen) atoms. The normalized spacial score (nSPS) is 15.0. The van der Waals surface area contributed by atoms with E-state index in [2.05, 4.69) is 40.6 Å². The van der Waals surface area contributed by atoms with Gasteiger partial charge in [-0.05, 0) is 62.8 Å². The van der Waals surface area contributed by atoms with E-state index in [4.69, 9.17) is 16.6 Å². The lowest BCUT2D eigenvalue weighted by molar-refractivity contribution is -0.138. The fourth-order valence-corrected chi connectivity index (χ4v) is 8.98. The number of carboxylic acid groups (broad SMARTS) is 1. The van der Waals surface area contributed by atoms with Gasteiger partial charge in [-0.2, -0.15) is 19.2 Å². The number of fused-ring (bicyclic) bond motifs is 2. The highest BCUT2D eigenvalue weighted by atomic mass is 32.1. The summed E-state index contributed by atoms with van der Waals surface area (Å²) in [5, 5.41) is 25.0. The topological polar surface area (TPSA) is 266 Å². The minimum absolute atomic E-state index is 0.00256. The largest absolute Gasteiger partial charge is 0.480 e. The number of aromatic nitrogens is 6. The minimum Gasteiger partial charge on any atom is -0.480 e. The number of anilines is 3. The number of nitrogens with two attached hydrogens (primary N) is 2. The number of amides is 1. The van der Waals surface area contributed by atoms with Crippen LogP contribution in [-0.2, 0) is 25.6 Å². The van der Waals surface area contributed by atoms with Crippen molar-refractivity contribution in [2.24, 2.45) is 11.5 Å². The van der Waals surface area contributed by atoms with Gasteiger partial charge in [-0.3, -0.25) is 28.8 Å². The molecule has 2 fully saturated rings. The predicted octanol–water partition coefficient (Wildman–Crippen LogP) is 2.97. The molecule has 6 heterocycles. The molecule has 336 valence electrons. The number of carbonyl (C=O) groups is 4. The van der Waals surface area contributed by atoms with Gasteiger partial charge in [-0.25, -0.2) is 9.97 Å². The van der Waals surface area contributed by atoms with Crippen molar-refractivity contribution < 1.29 is 24.3 Å². The summed E-state index contributed by atoms with van der Waals surface area (Å²) in [6.07, 6.45) is 4.31. The van der Waals surface area contributed by atoms with Crippen LogP contribution < -0.4 is 43.0 Å². The Balaban J connectivity index is 0.000000191. The molecular weight excluding hydrogens is 861 g/mol. The van der Waals surface area contributed by atoms with E-state index >= 15 is 0 Å². The third-order valence-electron chi connectivity index (χ3n) is 10.8. The molecule has 8 rings (SSSR count). The number of rotatable bonds is 15. The smallest absolute Gasteiger partial charge is 0.320 e. The van der Waals surface area contributed by atoms with Crippen molar-refractivity contribution in [1.82, 2.24) is 34.5 Å². The number of piperazine rings is 1. The SMILES string of the molecule is CC(=O)[C@H](N)CCC(=O)Cc1cccc(-c2nn3c(=O)cc(N4CCNCC4)nc3s2)c1.N[C@H](CCC(=O)Nc1cccc(-c2nn3c(=O)cc(N4CCCCC4)nc3s2)c1)C(=O)O. The van der Waals surface area contributed by atoms with Gasteiger partial charge in [0.1, 0.15) is 39.3 Å². The van der Waals surface area contributed by atoms with E-state index < -0.39 is 18.1 Å². The van der Waals surface area contributed by atoms with E-state index in [1.807, 2.05) is 30.3 Å². The van der Waals surface area contributed by atoms with Crippen LogP contribution in [0.1, 0.15) is 57.4 Å². The molecule has 7 N–H and O–H groups in total. The molecule has 2 saturated heterocycles. The van der Waals surface area contributed by atoms with Crippen molar-refractivity contribution in [1.29, 1.82) is 0 Å². The molecule has 4 aromatic heterocycles. The van der Waals surface area contributed by atoms with Crippen LogP contribution in [-0.4, -0.2) is 109 Å². The van der Waals surface area contributed by atoms with Gasteiger partial charge in [0, 0.05) is 87.5 Å². The number of nitrogens with zero attached hydrogens (tertiary/aromatic N) is 8. The molecule has 0 radical (unpaired) electrons. The minimum atomic E-state index is -1.14. The molecule has 0 unspecified atom stereocenters. The van der Waals surface area contributed by atoms with Crippen molar-refractivity contribution in [3.63, 3.8) is 0 Å². The molecule has 2 aliphatic rings. The number of Topliss-reactive ketones (excluding diaryl/α,β-unsaturated/α-hetero) is 2. The Kier molecular flexibility index (Phi) is 15.0. The van der Waals surface area contributed by atoms with Crippen LogP contribution in [0.3, 0.4) is 0 Å². The number of hydrogen-bond acceptors (Lipinski definition) is 17. The van der Waals surface area contributed by atoms with Crippen molar-refractivity contribution in [2.75, 3.05) is 54.4 Å². The number of hydrogen-bond donors (Lipinski definition) is 5. The fourth-order valence-electron chi connectivity index (χ4n) is 7.19. The third kappa shape index (κ3) is 11.6. The molecular formula is C43H50N12O7S2. The summed E-state index contributed by atoms with van der Waals surface area (Å²) in [6, 6.07) is 16.0. The van der Waals surface area contributed by atoms with E-state index in [0.29, 0.717) is 43.7 Å². The number of benzene rings is 2. The standard InChI is InChI=1S/C22H26N6O3S.C21H24N6O4S/c1-14(29)18(23)6-5-17(30)12-15-3-2-4-16(11-15)21-26-28-20(31)13-19(25-22(28)32-21)27-9-7-24-8-10-27;22-15(20(30)31)7-8-17(28)23-14-6-4-5-13(11-14)19-25-27-18(29)12-16(24-21(27)32-19)26-9-2-1-3-10-26/h2-4,11,13,18,24H,5-10,12,23H2,1H3;4-6,11-12,15H,1-3,7-10,22H2,(H,23,28)(H,30,31)/t18-;15-/m11/s1. The van der Waals surface area contributed by atoms with Crippen molar-refractivity contribution in [3.05, 3.63) is 86.9 Å². The summed E-state index contributed by atoms with van der Waals surface area (Å²) >= 11 is 2.65. The zero-order valence-electron chi connectivity index (χ0n) is 35.3. The van der Waals surface area contributed by atoms with Crippen LogP contribution in [0.15, 0.2) is 70.3 Å². The number of ketones is 2. The van der Waals surface area contributed by atoms with Crippen LogP contribution in [0.4, 0.5) is 17.3 Å². The van der Waals surface area contributed by atoms with Crippen molar-refractivity contribution >= 4 is 73.4 Å². The lowest BCUT2D eigenvalue weighted by atomic mass is 10.0. The molecule has 0 spiro atoms. The number of carbonyl (C=O) groups excluding carboxylic acids is 3. The Morgan fingerprint density at radius 1 is 0.750 bits per heavy atom. The maximum atomic E-state index is 12.6. The Hall–Kier alpha value is -6.26. The maximum absolute atomic E-state index is 12.6. The van der Waals surface area contributed by atoms with E-state index in [1.54, 1.807) is 18.2 Å². The van der Waals surface area contributed by atoms with Crippen molar-refractivity contribution in [2.45, 2.75) is 70.4 Å². The lowest BCUT2D eigenvalue weighted by Crippen LogP contribution is -2.44. The number of nitrogens with one attached hydrogen (secondary N) is 2. The van der Waals surface area contributed by atoms with Gasteiger partial charge in [-0.15, -0.1) is 0 Å². The van der Waals surface area contributed by atoms with E-state index in [-0.39, 0.29) is 54.3 Å². The fraction of sp³-hybridized carbons (Fsp3) is 0.395. The molecule has 21 heteroatoms. The molecule has 19 nitrogen and oxygen atoms in total. The molecule has 0 saturated carbocycles. The Morgan fingerprint density at radius 2 is 1.31 bits per heavy atom. The van der Waals surface area contributed by atoms with Gasteiger partial charge >= 0.3 is 5.97 Å². The zero-order valence-corrected chi connectivity index (χ0v) is 36.9. The molecule has 1 amide bonds. The van der Waals surface area contributed by atoms with Gasteiger partial charge in [0.15, 0.2) is 0 Å². The van der Waals surface area contributed by atoms with Gasteiger partial charge in [-0.1, -0.05) is 53.0 Å². The first-order chi connectivity index (χ1) is 30.8. The second-order valence-corrected chi connectivity index (χ2v) is 17.6. The lowest BCUT2D eigenvalue weighted by Gasteiger charge is -2.27. The molecule has 6 aromatic rings. The van der Waals surface area contributed by atoms with Crippen LogP contribution in [0.2, 0.25) is 0 Å². The van der Waals surface area contributed by atoms with E-state index in [0.717, 1.165) is 68.8 Å². The molecule has 2 aromatic carbocycles. The summed E-state index contributed by atoms with van der Waals surface area (Å²) in [7, 11) is 0. The van der Waals surface area contributed by atoms with E-state index in [9.17, 15) is 28.8 Å². The summed E-state index contributed by atoms with van der Waals surface area (Å²) < 4.78 is 2.62. The third-order valence-corrected chi connectivity index (χ3v) is 12.7. The first-order valence-electron chi connectivity index (χ1n) is 21.1. The molecule has 0 aliphatic carbocycles. The maximum Gasteiger partial charge on any atom is 0.320 e. The number of carboxylic acids is 1. The second-order valence-electron chi connectivity index (χ2n) is 15.7. The van der Waals surface area contributed by atoms with E-state index in [1.165, 1.54) is 57.2 Å². The first kappa shape index (κ1) is 45.8. The molecule has 2 atom stereocenters. The van der Waals surface area contributed by atoms with Crippen LogP contribution >= 0.6 is 22.7 Å². The highest BCUT2D eigenvalue weighted by Gasteiger charge is 2.20. The Morgan fingerprint density at radius 3 is 1.91 bits per heavy atom. The molecule has 0 bridgehead atoms. The summed E-state index contributed by atoms with van der Waals surface area (Å²) in [6.45, 7) is 6.57. The number of aliphatic carboxylic acids is 1. The highest BCUT2D eigenvalue weighted by molar-refractivity contribution is 7.20. The Bertz CT molecular complexity index is 2590. The van der Waals surface area contributed by atoms with Gasteiger partial charge in [0.05, 0.1) is 6.04 Å². The summed E-state index contributed by atoms with van der Waals surface area (Å²) in [5.41, 5.74) is 13.7. The van der Waals surface area contributed by atoms with Gasteiger partial charge in [0.2, 0.25) is 15.8 Å². The average molecular weight is 911 g/mol. The van der Waals surface area contributed by atoms with Crippen LogP contribution in [0.25, 0.3) is 31.1 Å². The van der Waals surface area contributed by atoms with Gasteiger partial charge < -0.3 is 37.0 Å². The Labute approximate surface area is 375 Å². The quantitative estimate of drug-likeness (QED) is 0.0992. The zero-order chi connectivity index (χ0) is 45.3. The average Bonchev–Trinajstić information content (AvgIpc) is 3.94. The van der Waals surface area contributed by atoms with Gasteiger partial charge in [0.25, 0.3) is 11.1 Å². The second kappa shape index (κ2) is 20.9. The predicted molar refractivity (Wildman–Crippen MR) is 246 cm³/mol. The monoisotopic (exact) mass is 910 g/mol. The molecule has 2 aliphatic heterocycles. The van der Waals surface area contributed by atoms with Crippen molar-refractivity contribution in [3.8, 4) is 21.1 Å². The first-order valence-corrected chi connectivity index (χ1v) is 22.7. The summed E-state index contributed by atoms with van der Waals surface area (Å²) in [5.74, 6) is -0.184. The highest BCUT2D eigenvalue weighted by Crippen LogP contribution is 2.29. The number of piperidine rings is 1. The van der Waals surface area contributed by atoms with Crippen LogP contribution in [0.5, 0.6) is 0 Å². The summed E-state index contributed by atoms with van der Waals surface area (Å²) in [4.78, 5) is 86.3. The van der Waals surface area contributed by atoms with Crippen LogP contribution in [0, 0.1) is 0 Å².